The van der Waals surface area contributed by atoms with E-state index in [4.69, 9.17) is 14.2 Å². The predicted molar refractivity (Wildman–Crippen MR) is 218 cm³/mol. The summed E-state index contributed by atoms with van der Waals surface area (Å²) < 4.78 is 124. The topological polar surface area (TPSA) is 108 Å². The standard InChI is InChI=1S/C27H23F4NO3.C20H17F4NO3/c1-2-34-26(33)23-13-18(11-12-24(23)28)20-9-6-10-21(20)22-14-19(27(29,30)31)15-32-25(22)35-16-17-7-4-3-5-8-17;1-2-28-19(27)16-8-11(6-7-17(16)21)13-4-3-5-14(13)15-9-12(20(22,23)24)10-25-18(15)26/h3-5,7-8,11-15H,2,6,9-10,16H2,1H3;6-10H,2-5H2,1H3,(H,25,26). The number of rotatable bonds is 11. The second kappa shape index (κ2) is 19.6. The number of ether oxygens (including phenoxy) is 3. The van der Waals surface area contributed by atoms with Crippen LogP contribution in [0.15, 0.2) is 96.1 Å². The van der Waals surface area contributed by atoms with Gasteiger partial charge in [0, 0.05) is 23.5 Å². The molecule has 2 heterocycles. The second-order valence-electron chi connectivity index (χ2n) is 14.4. The normalized spacial score (nSPS) is 14.1. The molecule has 2 aromatic heterocycles. The Morgan fingerprint density at radius 3 is 1.65 bits per heavy atom. The Hall–Kier alpha value is -6.58. The van der Waals surface area contributed by atoms with Crippen molar-refractivity contribution in [1.29, 1.82) is 0 Å². The molecule has 3 aromatic carbocycles. The largest absolute Gasteiger partial charge is 0.472 e. The molecular formula is C47H40F8N2O6. The zero-order valence-corrected chi connectivity index (χ0v) is 33.9. The van der Waals surface area contributed by atoms with Crippen molar-refractivity contribution >= 4 is 34.2 Å². The molecule has 8 nitrogen and oxygen atoms in total. The molecule has 16 heteroatoms. The van der Waals surface area contributed by atoms with Gasteiger partial charge in [-0.1, -0.05) is 42.5 Å². The van der Waals surface area contributed by atoms with Gasteiger partial charge in [-0.05, 0) is 128 Å². The maximum atomic E-state index is 14.3. The Morgan fingerprint density at radius 2 is 1.14 bits per heavy atom. The van der Waals surface area contributed by atoms with E-state index >= 15 is 0 Å². The van der Waals surface area contributed by atoms with Gasteiger partial charge in [0.25, 0.3) is 5.56 Å². The van der Waals surface area contributed by atoms with Crippen LogP contribution >= 0.6 is 0 Å². The molecule has 2 aliphatic carbocycles. The number of H-pyrrole nitrogens is 1. The Kier molecular flexibility index (Phi) is 14.3. The molecule has 0 amide bonds. The number of aromatic amines is 1. The average Bonchev–Trinajstić information content (AvgIpc) is 3.95. The van der Waals surface area contributed by atoms with Gasteiger partial charge in [-0.15, -0.1) is 0 Å². The number of benzene rings is 3. The van der Waals surface area contributed by atoms with Crippen LogP contribution in [0.4, 0.5) is 35.1 Å². The number of carbonyl (C=O) groups excluding carboxylic acids is 2. The monoisotopic (exact) mass is 880 g/mol. The maximum Gasteiger partial charge on any atom is 0.417 e. The third-order valence-corrected chi connectivity index (χ3v) is 10.3. The molecule has 2 aliphatic rings. The molecule has 0 saturated carbocycles. The zero-order valence-electron chi connectivity index (χ0n) is 33.9. The SMILES string of the molecule is CCOC(=O)c1cc(C2=C(c3cc(C(F)(F)F)c[nH]c3=O)CCC2)ccc1F.CCOC(=O)c1cc(C2=C(c3cc(C(F)(F)F)cnc3OCc3ccccc3)CCC2)ccc1F. The number of nitrogens with zero attached hydrogens (tertiary/aromatic N) is 1. The van der Waals surface area contributed by atoms with Gasteiger partial charge in [0.15, 0.2) is 0 Å². The molecule has 7 rings (SSSR count). The van der Waals surface area contributed by atoms with E-state index in [1.165, 1.54) is 30.3 Å². The van der Waals surface area contributed by atoms with Crippen molar-refractivity contribution in [3.05, 3.63) is 163 Å². The summed E-state index contributed by atoms with van der Waals surface area (Å²) in [7, 11) is 0. The second-order valence-corrected chi connectivity index (χ2v) is 14.4. The summed E-state index contributed by atoms with van der Waals surface area (Å²) >= 11 is 0. The molecule has 1 N–H and O–H groups in total. The number of allylic oxidation sites excluding steroid dienone is 4. The number of aromatic nitrogens is 2. The highest BCUT2D eigenvalue weighted by Crippen LogP contribution is 2.45. The summed E-state index contributed by atoms with van der Waals surface area (Å²) in [5.74, 6) is -3.00. The lowest BCUT2D eigenvalue weighted by Crippen LogP contribution is -2.16. The molecular weight excluding hydrogens is 841 g/mol. The van der Waals surface area contributed by atoms with Crippen LogP contribution in [0, 0.1) is 11.6 Å². The summed E-state index contributed by atoms with van der Waals surface area (Å²) in [5.41, 5.74) is 1.56. The van der Waals surface area contributed by atoms with E-state index in [1.54, 1.807) is 13.8 Å². The highest BCUT2D eigenvalue weighted by molar-refractivity contribution is 5.97. The molecule has 0 radical (unpaired) electrons. The van der Waals surface area contributed by atoms with Gasteiger partial charge in [0.1, 0.15) is 18.2 Å². The fraction of sp³-hybridized carbons (Fsp3) is 0.277. The van der Waals surface area contributed by atoms with Gasteiger partial charge in [-0.25, -0.2) is 23.4 Å². The lowest BCUT2D eigenvalue weighted by molar-refractivity contribution is -0.138. The third-order valence-electron chi connectivity index (χ3n) is 10.3. The van der Waals surface area contributed by atoms with Crippen molar-refractivity contribution < 1.29 is 58.9 Å². The summed E-state index contributed by atoms with van der Waals surface area (Å²) in [5, 5.41) is 0. The van der Waals surface area contributed by atoms with Crippen molar-refractivity contribution in [2.24, 2.45) is 0 Å². The fourth-order valence-electron chi connectivity index (χ4n) is 7.41. The van der Waals surface area contributed by atoms with Crippen molar-refractivity contribution in [2.45, 2.75) is 71.3 Å². The van der Waals surface area contributed by atoms with Gasteiger partial charge < -0.3 is 19.2 Å². The quantitative estimate of drug-likeness (QED) is 0.104. The fourth-order valence-corrected chi connectivity index (χ4v) is 7.41. The molecule has 0 bridgehead atoms. The third kappa shape index (κ3) is 10.9. The van der Waals surface area contributed by atoms with Crippen LogP contribution < -0.4 is 10.3 Å². The van der Waals surface area contributed by atoms with Crippen LogP contribution in [0.5, 0.6) is 5.88 Å². The van der Waals surface area contributed by atoms with Crippen molar-refractivity contribution in [1.82, 2.24) is 9.97 Å². The number of alkyl halides is 6. The summed E-state index contributed by atoms with van der Waals surface area (Å²) in [6, 6.07) is 19.1. The minimum atomic E-state index is -4.59. The molecule has 0 saturated heterocycles. The van der Waals surface area contributed by atoms with Crippen molar-refractivity contribution in [3.63, 3.8) is 0 Å². The lowest BCUT2D eigenvalue weighted by atomic mass is 9.95. The summed E-state index contributed by atoms with van der Waals surface area (Å²) in [6.45, 7) is 3.52. The molecule has 0 unspecified atom stereocenters. The first-order valence-electron chi connectivity index (χ1n) is 19.9. The smallest absolute Gasteiger partial charge is 0.417 e. The first-order chi connectivity index (χ1) is 30.0. The number of esters is 2. The number of halogens is 8. The van der Waals surface area contributed by atoms with Crippen LogP contribution in [-0.4, -0.2) is 35.1 Å². The van der Waals surface area contributed by atoms with E-state index in [0.29, 0.717) is 72.6 Å². The van der Waals surface area contributed by atoms with E-state index in [2.05, 4.69) is 9.97 Å². The molecule has 0 fully saturated rings. The van der Waals surface area contributed by atoms with Crippen LogP contribution in [0.25, 0.3) is 22.3 Å². The highest BCUT2D eigenvalue weighted by Gasteiger charge is 2.34. The molecule has 0 atom stereocenters. The number of hydrogen-bond donors (Lipinski definition) is 1. The molecule has 0 aliphatic heterocycles. The van der Waals surface area contributed by atoms with Crippen LogP contribution in [0.3, 0.4) is 0 Å². The Balaban J connectivity index is 0.000000215. The van der Waals surface area contributed by atoms with Gasteiger partial charge in [-0.3, -0.25) is 4.79 Å². The average molecular weight is 881 g/mol. The first-order valence-corrected chi connectivity index (χ1v) is 19.9. The minimum absolute atomic E-state index is 0.0654. The molecule has 330 valence electrons. The van der Waals surface area contributed by atoms with Crippen molar-refractivity contribution in [3.8, 4) is 5.88 Å². The highest BCUT2D eigenvalue weighted by atomic mass is 19.4. The number of hydrogen-bond acceptors (Lipinski definition) is 7. The van der Waals surface area contributed by atoms with Gasteiger partial charge >= 0.3 is 24.3 Å². The zero-order chi connectivity index (χ0) is 45.5. The van der Waals surface area contributed by atoms with Crippen molar-refractivity contribution in [2.75, 3.05) is 13.2 Å². The molecule has 0 spiro atoms. The molecule has 5 aromatic rings. The number of pyridine rings is 2. The first kappa shape index (κ1) is 45.9. The summed E-state index contributed by atoms with van der Waals surface area (Å²) in [4.78, 5) is 42.4. The predicted octanol–water partition coefficient (Wildman–Crippen LogP) is 11.9. The Labute approximate surface area is 356 Å². The van der Waals surface area contributed by atoms with Gasteiger partial charge in [-0.2, -0.15) is 26.3 Å². The number of carbonyl (C=O) groups is 2. The van der Waals surface area contributed by atoms with E-state index in [-0.39, 0.29) is 48.0 Å². The Morgan fingerprint density at radius 1 is 0.651 bits per heavy atom. The minimum Gasteiger partial charge on any atom is -0.472 e. The van der Waals surface area contributed by atoms with E-state index < -0.39 is 52.6 Å². The van der Waals surface area contributed by atoms with Gasteiger partial charge in [0.05, 0.1) is 35.5 Å². The van der Waals surface area contributed by atoms with Gasteiger partial charge in [0.2, 0.25) is 5.88 Å². The lowest BCUT2D eigenvalue weighted by Gasteiger charge is -2.16. The molecule has 63 heavy (non-hydrogen) atoms. The summed E-state index contributed by atoms with van der Waals surface area (Å²) in [6.07, 6.45) is -4.50. The number of nitrogens with one attached hydrogen (secondary N) is 1. The van der Waals surface area contributed by atoms with E-state index in [1.807, 2.05) is 30.3 Å². The Bertz CT molecular complexity index is 2620. The maximum absolute atomic E-state index is 14.3. The van der Waals surface area contributed by atoms with E-state index in [9.17, 15) is 49.5 Å². The van der Waals surface area contributed by atoms with Crippen LogP contribution in [0.2, 0.25) is 0 Å². The van der Waals surface area contributed by atoms with E-state index in [0.717, 1.165) is 35.5 Å². The van der Waals surface area contributed by atoms with Crippen LogP contribution in [0.1, 0.15) is 112 Å². The van der Waals surface area contributed by atoms with Crippen LogP contribution in [-0.2, 0) is 28.4 Å².